The molecule has 1 fully saturated rings. The zero-order chi connectivity index (χ0) is 26.5. The van der Waals surface area contributed by atoms with E-state index in [-0.39, 0.29) is 23.6 Å². The summed E-state index contributed by atoms with van der Waals surface area (Å²) in [4.78, 5) is 27.7. The molecule has 0 aliphatic carbocycles. The third-order valence-electron chi connectivity index (χ3n) is 6.47. The van der Waals surface area contributed by atoms with Gasteiger partial charge in [-0.3, -0.25) is 14.5 Å². The molecule has 0 radical (unpaired) electrons. The largest absolute Gasteiger partial charge is 0.508 e. The number of phenolic OH excluding ortho intramolecular Hbond substituents is 1. The fourth-order valence-electron chi connectivity index (χ4n) is 4.40. The Labute approximate surface area is 216 Å². The third kappa shape index (κ3) is 6.28. The van der Waals surface area contributed by atoms with Crippen molar-refractivity contribution in [1.82, 2.24) is 15.5 Å². The van der Waals surface area contributed by atoms with Crippen LogP contribution in [0.25, 0.3) is 0 Å². The molecular weight excluding hydrogens is 478 g/mol. The van der Waals surface area contributed by atoms with Gasteiger partial charge in [0.2, 0.25) is 5.91 Å². The first kappa shape index (κ1) is 27.7. The zero-order valence-electron chi connectivity index (χ0n) is 20.8. The number of hydrogen-bond donors (Lipinski definition) is 5. The number of carbonyl (C=O) groups is 2. The maximum atomic E-state index is 13.2. The number of amides is 2. The monoisotopic (exact) mass is 513 g/mol. The van der Waals surface area contributed by atoms with Gasteiger partial charge in [0.05, 0.1) is 6.04 Å². The number of aromatic hydroxyl groups is 1. The first-order valence-electron chi connectivity index (χ1n) is 11.8. The van der Waals surface area contributed by atoms with Crippen molar-refractivity contribution in [1.29, 1.82) is 0 Å². The second-order valence-corrected chi connectivity index (χ2v) is 11.1. The molecule has 0 spiro atoms. The van der Waals surface area contributed by atoms with Gasteiger partial charge in [-0.25, -0.2) is 0 Å². The topological polar surface area (TPSA) is 122 Å². The molecule has 1 saturated heterocycles. The van der Waals surface area contributed by atoms with Gasteiger partial charge in [0, 0.05) is 28.3 Å². The first-order chi connectivity index (χ1) is 17.1. The Morgan fingerprint density at radius 1 is 1.19 bits per heavy atom. The lowest BCUT2D eigenvalue weighted by atomic mass is 9.96. The number of phenols is 1. The highest BCUT2D eigenvalue weighted by Gasteiger charge is 2.50. The van der Waals surface area contributed by atoms with Crippen LogP contribution in [0.4, 0.5) is 0 Å². The molecule has 1 aliphatic heterocycles. The Morgan fingerprint density at radius 2 is 1.89 bits per heavy atom. The molecule has 1 aliphatic rings. The predicted molar refractivity (Wildman–Crippen MR) is 142 cm³/mol. The van der Waals surface area contributed by atoms with E-state index in [1.54, 1.807) is 30.0 Å². The standard InChI is InChI=1S/C27H35N3O5S/c1-5-14-28-25(34)23-27(3,4)36-16-30(23)26(35)22(32)20(15-18-10-7-6-8-11-18)29-24(33)19-12-9-13-21(31)17(19)2/h5-13,20,22-23,26,31-32,35H,1,14-16H2,2-4H3,(H,28,34)(H,29,33). The van der Waals surface area contributed by atoms with Crippen molar-refractivity contribution in [3.8, 4) is 5.75 Å². The third-order valence-corrected chi connectivity index (χ3v) is 7.86. The van der Waals surface area contributed by atoms with Gasteiger partial charge in [-0.2, -0.15) is 0 Å². The predicted octanol–water partition coefficient (Wildman–Crippen LogP) is 2.18. The van der Waals surface area contributed by atoms with Crippen molar-refractivity contribution < 1.29 is 24.9 Å². The van der Waals surface area contributed by atoms with Crippen LogP contribution in [0.1, 0.15) is 35.3 Å². The van der Waals surface area contributed by atoms with Gasteiger partial charge in [0.15, 0.2) is 0 Å². The average Bonchev–Trinajstić information content (AvgIpc) is 3.18. The van der Waals surface area contributed by atoms with E-state index in [0.29, 0.717) is 18.0 Å². The molecule has 2 aromatic carbocycles. The molecule has 4 atom stereocenters. The van der Waals surface area contributed by atoms with Crippen molar-refractivity contribution in [2.75, 3.05) is 12.4 Å². The van der Waals surface area contributed by atoms with Crippen LogP contribution in [0.5, 0.6) is 5.75 Å². The van der Waals surface area contributed by atoms with Gasteiger partial charge in [0.25, 0.3) is 5.91 Å². The molecule has 36 heavy (non-hydrogen) atoms. The van der Waals surface area contributed by atoms with Crippen LogP contribution in [-0.4, -0.2) is 73.6 Å². The second-order valence-electron chi connectivity index (χ2n) is 9.45. The van der Waals surface area contributed by atoms with Crippen molar-refractivity contribution >= 4 is 23.6 Å². The number of aliphatic hydroxyl groups excluding tert-OH is 2. The fraction of sp³-hybridized carbons (Fsp3) is 0.407. The Kier molecular flexibility index (Phi) is 9.19. The molecule has 5 N–H and O–H groups in total. The van der Waals surface area contributed by atoms with E-state index < -0.39 is 35.1 Å². The fourth-order valence-corrected chi connectivity index (χ4v) is 5.59. The molecule has 8 nitrogen and oxygen atoms in total. The molecule has 4 unspecified atom stereocenters. The number of thioether (sulfide) groups is 1. The highest BCUT2D eigenvalue weighted by Crippen LogP contribution is 2.40. The average molecular weight is 514 g/mol. The Morgan fingerprint density at radius 3 is 2.56 bits per heavy atom. The van der Waals surface area contributed by atoms with Crippen molar-refractivity contribution in [2.24, 2.45) is 0 Å². The maximum absolute atomic E-state index is 13.2. The highest BCUT2D eigenvalue weighted by atomic mass is 32.2. The zero-order valence-corrected chi connectivity index (χ0v) is 21.7. The van der Waals surface area contributed by atoms with Crippen molar-refractivity contribution in [2.45, 2.75) is 56.4 Å². The van der Waals surface area contributed by atoms with Crippen LogP contribution < -0.4 is 10.6 Å². The van der Waals surface area contributed by atoms with Gasteiger partial charge in [-0.15, -0.1) is 18.3 Å². The van der Waals surface area contributed by atoms with Crippen LogP contribution in [0.3, 0.4) is 0 Å². The van der Waals surface area contributed by atoms with Crippen LogP contribution in [0, 0.1) is 6.92 Å². The lowest BCUT2D eigenvalue weighted by Gasteiger charge is -2.37. The van der Waals surface area contributed by atoms with E-state index in [1.165, 1.54) is 17.8 Å². The minimum atomic E-state index is -1.42. The van der Waals surface area contributed by atoms with Gasteiger partial charge in [-0.05, 0) is 44.9 Å². The summed E-state index contributed by atoms with van der Waals surface area (Å²) in [6.07, 6.45) is -0.994. The molecule has 0 bridgehead atoms. The Hall–Kier alpha value is -2.85. The minimum Gasteiger partial charge on any atom is -0.508 e. The lowest BCUT2D eigenvalue weighted by molar-refractivity contribution is -0.139. The van der Waals surface area contributed by atoms with E-state index in [4.69, 9.17) is 0 Å². The molecule has 0 saturated carbocycles. The number of benzene rings is 2. The number of rotatable bonds is 10. The molecule has 1 heterocycles. The van der Waals surface area contributed by atoms with Crippen LogP contribution >= 0.6 is 11.8 Å². The van der Waals surface area contributed by atoms with E-state index >= 15 is 0 Å². The Bertz CT molecular complexity index is 1080. The number of nitrogens with zero attached hydrogens (tertiary/aromatic N) is 1. The highest BCUT2D eigenvalue weighted by molar-refractivity contribution is 8.00. The number of nitrogens with one attached hydrogen (secondary N) is 2. The summed E-state index contributed by atoms with van der Waals surface area (Å²) in [6.45, 7) is 9.39. The van der Waals surface area contributed by atoms with Gasteiger partial charge >= 0.3 is 0 Å². The normalized spacial score (nSPS) is 19.8. The summed E-state index contributed by atoms with van der Waals surface area (Å²) in [5.41, 5.74) is 1.55. The summed E-state index contributed by atoms with van der Waals surface area (Å²) in [6, 6.07) is 12.4. The quantitative estimate of drug-likeness (QED) is 0.309. The van der Waals surface area contributed by atoms with Crippen molar-refractivity contribution in [3.63, 3.8) is 0 Å². The molecule has 0 aromatic heterocycles. The number of hydrogen-bond acceptors (Lipinski definition) is 7. The molecular formula is C27H35N3O5S. The summed E-state index contributed by atoms with van der Waals surface area (Å²) in [5, 5.41) is 38.3. The Balaban J connectivity index is 1.87. The minimum absolute atomic E-state index is 0.00690. The summed E-state index contributed by atoms with van der Waals surface area (Å²) >= 11 is 1.51. The molecule has 3 rings (SSSR count). The number of aliphatic hydroxyl groups is 2. The van der Waals surface area contributed by atoms with Gasteiger partial charge in [-0.1, -0.05) is 42.5 Å². The molecule has 2 aromatic rings. The smallest absolute Gasteiger partial charge is 0.252 e. The first-order valence-corrected chi connectivity index (χ1v) is 12.8. The second kappa shape index (κ2) is 11.9. The van der Waals surface area contributed by atoms with E-state index in [2.05, 4.69) is 17.2 Å². The lowest BCUT2D eigenvalue weighted by Crippen LogP contribution is -2.60. The maximum Gasteiger partial charge on any atom is 0.252 e. The van der Waals surface area contributed by atoms with E-state index in [1.807, 2.05) is 44.2 Å². The van der Waals surface area contributed by atoms with E-state index in [9.17, 15) is 24.9 Å². The van der Waals surface area contributed by atoms with Crippen LogP contribution in [-0.2, 0) is 11.2 Å². The van der Waals surface area contributed by atoms with Gasteiger partial charge < -0.3 is 26.0 Å². The van der Waals surface area contributed by atoms with Crippen molar-refractivity contribution in [3.05, 3.63) is 77.9 Å². The SMILES string of the molecule is C=CCNC(=O)C1N(C(O)C(O)C(Cc2ccccc2)NC(=O)c2cccc(O)c2C)CSC1(C)C. The van der Waals surface area contributed by atoms with Crippen LogP contribution in [0.15, 0.2) is 61.2 Å². The van der Waals surface area contributed by atoms with E-state index in [0.717, 1.165) is 5.56 Å². The van der Waals surface area contributed by atoms with Gasteiger partial charge in [0.1, 0.15) is 24.1 Å². The molecule has 9 heteroatoms. The number of carbonyl (C=O) groups excluding carboxylic acids is 2. The molecule has 2 amide bonds. The molecule has 194 valence electrons. The van der Waals surface area contributed by atoms with Crippen LogP contribution in [0.2, 0.25) is 0 Å². The summed E-state index contributed by atoms with van der Waals surface area (Å²) < 4.78 is -0.511. The summed E-state index contributed by atoms with van der Waals surface area (Å²) in [5.74, 6) is -0.426. The summed E-state index contributed by atoms with van der Waals surface area (Å²) in [7, 11) is 0.